The quantitative estimate of drug-likeness (QED) is 0.559. The Morgan fingerprint density at radius 3 is 1.62 bits per heavy atom. The fourth-order valence-corrected chi connectivity index (χ4v) is 4.69. The Labute approximate surface area is 185 Å². The summed E-state index contributed by atoms with van der Waals surface area (Å²) < 4.78 is 0. The van der Waals surface area contributed by atoms with Gasteiger partial charge >= 0.3 is 0 Å². The highest BCUT2D eigenvalue weighted by Crippen LogP contribution is 2.39. The van der Waals surface area contributed by atoms with E-state index in [9.17, 15) is 19.2 Å². The molecule has 32 heavy (non-hydrogen) atoms. The fourth-order valence-electron chi connectivity index (χ4n) is 4.69. The molecule has 0 spiro atoms. The molecule has 1 unspecified atom stereocenters. The summed E-state index contributed by atoms with van der Waals surface area (Å²) in [6.07, 6.45) is 1.57. The summed E-state index contributed by atoms with van der Waals surface area (Å²) in [6, 6.07) is 15.3. The maximum atomic E-state index is 13.5. The smallest absolute Gasteiger partial charge is 0.261 e. The van der Waals surface area contributed by atoms with Gasteiger partial charge in [0.1, 0.15) is 0 Å². The lowest BCUT2D eigenvalue weighted by Crippen LogP contribution is -2.44. The topological polar surface area (TPSA) is 74.8 Å². The van der Waals surface area contributed by atoms with Crippen molar-refractivity contribution in [3.8, 4) is 0 Å². The van der Waals surface area contributed by atoms with E-state index < -0.39 is 17.9 Å². The summed E-state index contributed by atoms with van der Waals surface area (Å²) in [7, 11) is 0. The number of hydrogen-bond acceptors (Lipinski definition) is 4. The van der Waals surface area contributed by atoms with Crippen LogP contribution in [0.25, 0.3) is 10.8 Å². The van der Waals surface area contributed by atoms with Crippen molar-refractivity contribution in [3.05, 3.63) is 82.4 Å². The Morgan fingerprint density at radius 2 is 1.16 bits per heavy atom. The number of unbranched alkanes of at least 4 members (excludes halogenated alkanes) is 1. The number of benzene rings is 3. The summed E-state index contributed by atoms with van der Waals surface area (Å²) in [5.41, 5.74) is 2.25. The van der Waals surface area contributed by atoms with Crippen molar-refractivity contribution in [2.45, 2.75) is 32.7 Å². The Hall–Kier alpha value is -3.80. The molecular weight excluding hydrogens is 404 g/mol. The summed E-state index contributed by atoms with van der Waals surface area (Å²) in [6.45, 7) is 4.16. The Balaban J connectivity index is 1.67. The number of nitrogens with zero attached hydrogens (tertiary/aromatic N) is 2. The summed E-state index contributed by atoms with van der Waals surface area (Å²) in [5.74, 6) is -1.59. The van der Waals surface area contributed by atoms with Gasteiger partial charge in [0.05, 0.1) is 6.04 Å². The van der Waals surface area contributed by atoms with Crippen LogP contribution in [0.2, 0.25) is 0 Å². The van der Waals surface area contributed by atoms with Crippen molar-refractivity contribution in [2.75, 3.05) is 6.54 Å². The van der Waals surface area contributed by atoms with Crippen LogP contribution in [0, 0.1) is 0 Å². The molecule has 0 aliphatic carbocycles. The fraction of sp³-hybridized carbons (Fsp3) is 0.231. The second-order valence-corrected chi connectivity index (χ2v) is 8.25. The lowest BCUT2D eigenvalue weighted by atomic mass is 9.85. The Morgan fingerprint density at radius 1 is 0.688 bits per heavy atom. The predicted molar refractivity (Wildman–Crippen MR) is 120 cm³/mol. The molecule has 5 rings (SSSR count). The van der Waals surface area contributed by atoms with Gasteiger partial charge in [0.15, 0.2) is 0 Å². The highest BCUT2D eigenvalue weighted by Gasteiger charge is 2.41. The third-order valence-electron chi connectivity index (χ3n) is 6.41. The van der Waals surface area contributed by atoms with Crippen LogP contribution in [0.4, 0.5) is 0 Å². The van der Waals surface area contributed by atoms with E-state index in [0.29, 0.717) is 39.6 Å². The zero-order valence-corrected chi connectivity index (χ0v) is 17.9. The molecule has 0 fully saturated rings. The van der Waals surface area contributed by atoms with Crippen molar-refractivity contribution < 1.29 is 19.2 Å². The molecule has 2 aliphatic rings. The molecule has 160 valence electrons. The lowest BCUT2D eigenvalue weighted by molar-refractivity contribution is 0.0542. The van der Waals surface area contributed by atoms with Gasteiger partial charge in [-0.15, -0.1) is 0 Å². The zero-order chi connectivity index (χ0) is 22.6. The van der Waals surface area contributed by atoms with E-state index in [-0.39, 0.29) is 11.8 Å². The molecule has 6 heteroatoms. The van der Waals surface area contributed by atoms with Gasteiger partial charge in [-0.1, -0.05) is 43.7 Å². The number of rotatable bonds is 5. The van der Waals surface area contributed by atoms with Gasteiger partial charge in [0.2, 0.25) is 0 Å². The van der Waals surface area contributed by atoms with Crippen molar-refractivity contribution in [1.29, 1.82) is 0 Å². The van der Waals surface area contributed by atoms with E-state index in [0.717, 1.165) is 18.4 Å². The molecular formula is C26H22N2O4. The van der Waals surface area contributed by atoms with E-state index in [1.807, 2.05) is 44.2 Å². The molecule has 2 heterocycles. The van der Waals surface area contributed by atoms with Crippen LogP contribution in [0.15, 0.2) is 54.6 Å². The minimum atomic E-state index is -0.459. The average Bonchev–Trinajstić information content (AvgIpc) is 2.81. The van der Waals surface area contributed by atoms with Crippen LogP contribution in [0.5, 0.6) is 0 Å². The van der Waals surface area contributed by atoms with Crippen LogP contribution in [0.1, 0.15) is 79.7 Å². The monoisotopic (exact) mass is 426 g/mol. The minimum absolute atomic E-state index is 0.339. The predicted octanol–water partition coefficient (Wildman–Crippen LogP) is 4.59. The van der Waals surface area contributed by atoms with Gasteiger partial charge in [-0.05, 0) is 43.2 Å². The molecule has 4 amide bonds. The highest BCUT2D eigenvalue weighted by atomic mass is 16.2. The second kappa shape index (κ2) is 7.41. The van der Waals surface area contributed by atoms with E-state index in [1.165, 1.54) is 9.80 Å². The van der Waals surface area contributed by atoms with E-state index in [4.69, 9.17) is 0 Å². The molecule has 2 aliphatic heterocycles. The van der Waals surface area contributed by atoms with Crippen LogP contribution < -0.4 is 0 Å². The van der Waals surface area contributed by atoms with Crippen molar-refractivity contribution in [2.24, 2.45) is 0 Å². The second-order valence-electron chi connectivity index (χ2n) is 8.25. The molecule has 1 atom stereocenters. The molecule has 0 aromatic heterocycles. The summed E-state index contributed by atoms with van der Waals surface area (Å²) >= 11 is 0. The minimum Gasteiger partial charge on any atom is -0.274 e. The Bertz CT molecular complexity index is 1240. The molecule has 0 bridgehead atoms. The molecule has 0 saturated heterocycles. The third kappa shape index (κ3) is 2.72. The number of amides is 4. The largest absolute Gasteiger partial charge is 0.274 e. The van der Waals surface area contributed by atoms with Gasteiger partial charge in [-0.25, -0.2) is 0 Å². The first-order chi connectivity index (χ1) is 15.5. The third-order valence-corrected chi connectivity index (χ3v) is 6.41. The van der Waals surface area contributed by atoms with Gasteiger partial charge in [-0.2, -0.15) is 0 Å². The average molecular weight is 426 g/mol. The van der Waals surface area contributed by atoms with Gasteiger partial charge in [0.25, 0.3) is 23.6 Å². The maximum Gasteiger partial charge on any atom is 0.261 e. The molecule has 0 N–H and O–H groups in total. The standard InChI is InChI=1S/C26H22N2O4/c1-3-4-14-27-23(29)17-10-12-19-22-20(13-11-18(21(17)22)24(27)30)26(32)28(25(19)31)15(2)16-8-6-5-7-9-16/h5-13,15H,3-4,14H2,1-2H3. The van der Waals surface area contributed by atoms with Crippen LogP contribution in [-0.2, 0) is 0 Å². The molecule has 6 nitrogen and oxygen atoms in total. The maximum absolute atomic E-state index is 13.5. The van der Waals surface area contributed by atoms with Crippen LogP contribution in [0.3, 0.4) is 0 Å². The number of imide groups is 2. The number of hydrogen-bond donors (Lipinski definition) is 0. The number of carbonyl (C=O) groups excluding carboxylic acids is 4. The first-order valence-electron chi connectivity index (χ1n) is 10.8. The normalized spacial score (nSPS) is 16.2. The van der Waals surface area contributed by atoms with Crippen molar-refractivity contribution >= 4 is 34.4 Å². The van der Waals surface area contributed by atoms with E-state index in [2.05, 4.69) is 0 Å². The first-order valence-corrected chi connectivity index (χ1v) is 10.8. The van der Waals surface area contributed by atoms with Gasteiger partial charge in [0, 0.05) is 39.6 Å². The highest BCUT2D eigenvalue weighted by molar-refractivity contribution is 6.33. The lowest BCUT2D eigenvalue weighted by Gasteiger charge is -2.34. The van der Waals surface area contributed by atoms with E-state index >= 15 is 0 Å². The van der Waals surface area contributed by atoms with Crippen LogP contribution >= 0.6 is 0 Å². The Kier molecular flexibility index (Phi) is 4.66. The molecule has 3 aromatic carbocycles. The van der Waals surface area contributed by atoms with Crippen molar-refractivity contribution in [1.82, 2.24) is 9.80 Å². The first kappa shape index (κ1) is 20.1. The van der Waals surface area contributed by atoms with Gasteiger partial charge in [-0.3, -0.25) is 29.0 Å². The van der Waals surface area contributed by atoms with Crippen LogP contribution in [-0.4, -0.2) is 40.0 Å². The SMILES string of the molecule is CCCCN1C(=O)c2ccc3c4c(ccc(c24)C1=O)C(=O)N(C(C)c1ccccc1)C3=O. The molecule has 3 aromatic rings. The van der Waals surface area contributed by atoms with Gasteiger partial charge < -0.3 is 0 Å². The summed E-state index contributed by atoms with van der Waals surface area (Å²) in [4.78, 5) is 55.6. The molecule has 0 saturated carbocycles. The van der Waals surface area contributed by atoms with Crippen molar-refractivity contribution in [3.63, 3.8) is 0 Å². The van der Waals surface area contributed by atoms with E-state index in [1.54, 1.807) is 24.3 Å². The number of carbonyl (C=O) groups is 4. The molecule has 0 radical (unpaired) electrons. The summed E-state index contributed by atoms with van der Waals surface area (Å²) in [5, 5.41) is 0.819. The zero-order valence-electron chi connectivity index (χ0n) is 17.9.